The van der Waals surface area contributed by atoms with Gasteiger partial charge >= 0.3 is 65.4 Å². The minimum atomic E-state index is -5.84. The molecule has 0 amide bonds. The number of aliphatic hydroxyl groups excluding tert-OH is 2. The fraction of sp³-hybridized carbons (Fsp3) is 0.318. The molecule has 0 aliphatic carbocycles. The Balaban J connectivity index is 0.000000366. The topological polar surface area (TPSA) is 248 Å². The Morgan fingerprint density at radius 1 is 0.304 bits per heavy atom. The van der Waals surface area contributed by atoms with E-state index in [-0.39, 0.29) is 55.8 Å². The van der Waals surface area contributed by atoms with E-state index < -0.39 is 43.8 Å². The number of nitrogens with two attached hydrogens (primary N) is 2. The molecular formula is C88H106F6Fe2N4O10S2+4. The summed E-state index contributed by atoms with van der Waals surface area (Å²) in [6, 6.07) is 87.4. The Morgan fingerprint density at radius 2 is 0.473 bits per heavy atom. The molecule has 24 heteroatoms. The van der Waals surface area contributed by atoms with Gasteiger partial charge < -0.3 is 31.9 Å². The van der Waals surface area contributed by atoms with E-state index in [1.165, 1.54) is 44.5 Å². The first-order valence-electron chi connectivity index (χ1n) is 35.7. The molecule has 604 valence electrons. The van der Waals surface area contributed by atoms with Crippen molar-refractivity contribution in [1.29, 1.82) is 0 Å². The van der Waals surface area contributed by atoms with Crippen molar-refractivity contribution in [2.24, 2.45) is 11.5 Å². The summed E-state index contributed by atoms with van der Waals surface area (Å²) in [6.45, 7) is 33.3. The van der Waals surface area contributed by atoms with Gasteiger partial charge in [0.25, 0.3) is 0 Å². The van der Waals surface area contributed by atoms with Crippen LogP contribution in [-0.4, -0.2) is 93.4 Å². The third-order valence-corrected chi connectivity index (χ3v) is 18.6. The van der Waals surface area contributed by atoms with Crippen LogP contribution >= 0.6 is 0 Å². The van der Waals surface area contributed by atoms with E-state index in [0.717, 1.165) is 83.8 Å². The molecule has 0 aliphatic heterocycles. The molecule has 10 aromatic carbocycles. The monoisotopic (exact) mass is 1670 g/mol. The summed E-state index contributed by atoms with van der Waals surface area (Å²) < 4.78 is 115. The molecule has 0 fully saturated rings. The van der Waals surface area contributed by atoms with Crippen LogP contribution in [0.2, 0.25) is 0 Å². The number of rotatable bonds is 18. The number of nitrogens with zero attached hydrogens (tertiary/aromatic N) is 2. The molecule has 0 bridgehead atoms. The summed E-state index contributed by atoms with van der Waals surface area (Å²) in [5, 5.41) is 40.9. The zero-order valence-electron chi connectivity index (χ0n) is 65.2. The van der Waals surface area contributed by atoms with Gasteiger partial charge in [0.2, 0.25) is 0 Å². The van der Waals surface area contributed by atoms with Crippen molar-refractivity contribution in [3.8, 4) is 44.5 Å². The number of halogens is 6. The number of benzene rings is 10. The van der Waals surface area contributed by atoms with Crippen molar-refractivity contribution >= 4 is 20.2 Å². The summed E-state index contributed by atoms with van der Waals surface area (Å²) in [5.41, 5.74) is 19.4. The zero-order chi connectivity index (χ0) is 82.1. The summed E-state index contributed by atoms with van der Waals surface area (Å²) >= 11 is 0. The molecule has 10 N–H and O–H groups in total. The normalized spacial score (nSPS) is 11.9. The third-order valence-electron chi connectivity index (χ3n) is 17.4. The van der Waals surface area contributed by atoms with Crippen molar-refractivity contribution in [1.82, 2.24) is 9.80 Å². The van der Waals surface area contributed by atoms with Crippen LogP contribution in [-0.2, 0) is 102 Å². The van der Waals surface area contributed by atoms with Gasteiger partial charge in [-0.15, -0.1) is 0 Å². The van der Waals surface area contributed by atoms with Gasteiger partial charge in [-0.05, 0) is 111 Å². The molecule has 0 atom stereocenters. The van der Waals surface area contributed by atoms with E-state index in [1.54, 1.807) is 0 Å². The molecule has 0 saturated heterocycles. The summed E-state index contributed by atoms with van der Waals surface area (Å²) in [5.74, 6) is 0. The van der Waals surface area contributed by atoms with Crippen LogP contribution in [0.5, 0.6) is 0 Å². The second kappa shape index (κ2) is 44.3. The van der Waals surface area contributed by atoms with E-state index in [9.17, 15) is 46.8 Å². The Labute approximate surface area is 679 Å². The van der Waals surface area contributed by atoms with Crippen molar-refractivity contribution in [2.75, 3.05) is 26.2 Å². The molecule has 0 radical (unpaired) electrons. The Morgan fingerprint density at radius 3 is 0.607 bits per heavy atom. The van der Waals surface area contributed by atoms with E-state index in [2.05, 4.69) is 287 Å². The standard InChI is InChI=1S/2C27H32O2.2C16H20N2.2CHF3O3S.2Fe/c2*1-26(2,3)20-14-10-18(11-15-20)22-8-7-9-23(24(22)25(28)29)19-12-16-21(17-13-19)27(4,5)6;2*17-11-12-18(13-15-7-3-1-4-8-15)14-16-9-5-2-6-10-16;2*2-1(3,4)8(5,6)7;;/h2*7-17,25,28-29H,1-6H3;2*1-10H,11-14,17H2;2*(H,5,6,7);;/q;;;;;;2*+2. The van der Waals surface area contributed by atoms with E-state index in [0.29, 0.717) is 24.2 Å². The first kappa shape index (κ1) is 98.5. The minimum absolute atomic E-state index is 0. The molecule has 10 aromatic rings. The van der Waals surface area contributed by atoms with Gasteiger partial charge in [-0.25, -0.2) is 0 Å². The van der Waals surface area contributed by atoms with E-state index >= 15 is 0 Å². The second-order valence-corrected chi connectivity index (χ2v) is 33.2. The fourth-order valence-electron chi connectivity index (χ4n) is 11.5. The Hall–Kier alpha value is -7.68. The van der Waals surface area contributed by atoms with Crippen molar-refractivity contribution in [2.45, 2.75) is 155 Å². The van der Waals surface area contributed by atoms with Crippen molar-refractivity contribution in [3.63, 3.8) is 0 Å². The maximum atomic E-state index is 10.7. The van der Waals surface area contributed by atoms with Crippen LogP contribution in [0.15, 0.2) is 255 Å². The zero-order valence-corrected chi connectivity index (χ0v) is 69.1. The maximum absolute atomic E-state index is 10.7. The molecular weight excluding hydrogens is 1560 g/mol. The largest absolute Gasteiger partial charge is 2.00 e. The molecule has 112 heavy (non-hydrogen) atoms. The van der Waals surface area contributed by atoms with Gasteiger partial charge in [-0.3, -0.25) is 18.9 Å². The van der Waals surface area contributed by atoms with Gasteiger partial charge in [0.05, 0.1) is 0 Å². The number of hydrogen-bond donors (Lipinski definition) is 8. The van der Waals surface area contributed by atoms with Gasteiger partial charge in [-0.1, -0.05) is 338 Å². The number of aliphatic hydroxyl groups is 4. The van der Waals surface area contributed by atoms with Gasteiger partial charge in [-0.2, -0.15) is 43.2 Å². The molecule has 10 rings (SSSR count). The van der Waals surface area contributed by atoms with Crippen LogP contribution in [0.1, 0.15) is 151 Å². The molecule has 0 aromatic heterocycles. The average Bonchev–Trinajstić information content (AvgIpc) is 0.786. The molecule has 0 aliphatic rings. The predicted molar refractivity (Wildman–Crippen MR) is 431 cm³/mol. The Bertz CT molecular complexity index is 4090. The average molecular weight is 1670 g/mol. The SMILES string of the molecule is CC(C)(C)c1ccc(-c2cccc(-c3ccc(C(C)(C)C)cc3)c2C(O)O)cc1.CC(C)(C)c1ccc(-c2cccc(-c3ccc(C(C)(C)C)cc3)c2C(O)O)cc1.NCCN(Cc1ccccc1)Cc1ccccc1.NCCN(Cc1ccccc1)Cc1ccccc1.O=S(=O)(O)C(F)(F)F.O=S(=O)(O)C(F)(F)F.[Fe+2].[Fe+2]. The summed E-state index contributed by atoms with van der Waals surface area (Å²) in [4.78, 5) is 4.76. The van der Waals surface area contributed by atoms with Crippen LogP contribution in [0.4, 0.5) is 26.3 Å². The Kier molecular flexibility index (Phi) is 38.9. The number of hydrogen-bond acceptors (Lipinski definition) is 12. The van der Waals surface area contributed by atoms with Crippen LogP contribution in [0.3, 0.4) is 0 Å². The summed E-state index contributed by atoms with van der Waals surface area (Å²) in [6.07, 6.45) is -3.10. The first-order valence-corrected chi connectivity index (χ1v) is 38.6. The molecule has 0 unspecified atom stereocenters. The molecule has 0 heterocycles. The summed E-state index contributed by atoms with van der Waals surface area (Å²) in [7, 11) is -11.7. The molecule has 0 spiro atoms. The van der Waals surface area contributed by atoms with E-state index in [1.807, 2.05) is 60.7 Å². The minimum Gasteiger partial charge on any atom is -0.364 e. The van der Waals surface area contributed by atoms with Gasteiger partial charge in [0.15, 0.2) is 12.6 Å². The quantitative estimate of drug-likeness (QED) is 0.0131. The first-order chi connectivity index (χ1) is 51.2. The predicted octanol–water partition coefficient (Wildman–Crippen LogP) is 19.3. The molecule has 0 saturated carbocycles. The third kappa shape index (κ3) is 32.3. The second-order valence-electron chi connectivity index (χ2n) is 30.4. The smallest absolute Gasteiger partial charge is 0.364 e. The van der Waals surface area contributed by atoms with Crippen LogP contribution in [0.25, 0.3) is 44.5 Å². The number of alkyl halides is 6. The van der Waals surface area contributed by atoms with Gasteiger partial charge in [0, 0.05) is 63.5 Å². The van der Waals surface area contributed by atoms with Crippen molar-refractivity contribution < 1.29 is 107 Å². The molecule has 14 nitrogen and oxygen atoms in total. The van der Waals surface area contributed by atoms with Crippen molar-refractivity contribution in [3.05, 3.63) is 310 Å². The van der Waals surface area contributed by atoms with Crippen LogP contribution < -0.4 is 11.5 Å². The van der Waals surface area contributed by atoms with Gasteiger partial charge in [0.1, 0.15) is 0 Å². The van der Waals surface area contributed by atoms with E-state index in [4.69, 9.17) is 37.4 Å². The fourth-order valence-corrected chi connectivity index (χ4v) is 11.5. The maximum Gasteiger partial charge on any atom is 2.00 e. The van der Waals surface area contributed by atoms with Crippen LogP contribution in [0, 0.1) is 0 Å².